The van der Waals surface area contributed by atoms with E-state index in [1.54, 1.807) is 0 Å². The first-order valence-corrected chi connectivity index (χ1v) is 29.4. The summed E-state index contributed by atoms with van der Waals surface area (Å²) in [4.78, 5) is 0. The van der Waals surface area contributed by atoms with Gasteiger partial charge in [0, 0.05) is 49.4 Å². The number of benzene rings is 7. The van der Waals surface area contributed by atoms with Crippen LogP contribution in [0.3, 0.4) is 0 Å². The van der Waals surface area contributed by atoms with Gasteiger partial charge in [0.2, 0.25) is 7.28 Å². The van der Waals surface area contributed by atoms with Crippen LogP contribution >= 0.6 is 0 Å². The van der Waals surface area contributed by atoms with Crippen molar-refractivity contribution in [3.63, 3.8) is 0 Å². The van der Waals surface area contributed by atoms with Crippen LogP contribution in [0.2, 0.25) is 0 Å². The lowest BCUT2D eigenvalue weighted by molar-refractivity contribution is 0.331. The number of rotatable bonds is 3. The molecule has 1 aliphatic heterocycles. The molecule has 78 heavy (non-hydrogen) atoms. The van der Waals surface area contributed by atoms with E-state index in [0.29, 0.717) is 0 Å². The smallest absolute Gasteiger partial charge is 0.247 e. The predicted octanol–water partition coefficient (Wildman–Crippen LogP) is 18.8. The summed E-state index contributed by atoms with van der Waals surface area (Å²) in [6.07, 6.45) is 4.69. The minimum atomic E-state index is -0.317. The highest BCUT2D eigenvalue weighted by molar-refractivity contribution is 6.73. The molecule has 0 saturated heterocycles. The van der Waals surface area contributed by atoms with Crippen LogP contribution in [0.5, 0.6) is 0 Å². The Balaban J connectivity index is 1.16. The van der Waals surface area contributed by atoms with E-state index >= 15 is 0 Å². The van der Waals surface area contributed by atoms with Crippen LogP contribution in [0.15, 0.2) is 108 Å². The van der Waals surface area contributed by atoms with Crippen molar-refractivity contribution in [1.29, 1.82) is 0 Å². The van der Waals surface area contributed by atoms with Gasteiger partial charge in [-0.3, -0.25) is 0 Å². The van der Waals surface area contributed by atoms with Gasteiger partial charge in [-0.05, 0) is 202 Å². The number of nitrogens with zero attached hydrogens (tertiary/aromatic N) is 1. The van der Waals surface area contributed by atoms with E-state index in [1.807, 2.05) is 0 Å². The molecule has 1 radical (unpaired) electrons. The standard InChI is InChI=1S/C74H80BN2O/c1-67(2,3)40-23-26-42(27-24-40)76-56-37-45-44-34-52-54(71(11,12)31-29-69(52,7)8)38-51(44)73(15,16)50(45)35-46(56)60-59-43-21-19-20-22-49(43)74(17,18)62(59)61-47-36-53-55(72(13,14)32-30-70(53,9)10)39-57(47)77-64-48-33-41(68(4,5)6)25-28-58(48)78-66(64)75-63(60)65(61)77/h19-28,33-39,76H,29-32H2,1-18H3. The molecule has 395 valence electrons. The monoisotopic (exact) mass is 1020 g/mol. The van der Waals surface area contributed by atoms with Gasteiger partial charge < -0.3 is 14.3 Å². The van der Waals surface area contributed by atoms with Crippen LogP contribution in [0.1, 0.15) is 206 Å². The van der Waals surface area contributed by atoms with Crippen LogP contribution in [-0.4, -0.2) is 11.8 Å². The number of aromatic nitrogens is 1. The van der Waals surface area contributed by atoms with Gasteiger partial charge in [0.05, 0.1) is 16.9 Å². The molecule has 0 spiro atoms. The van der Waals surface area contributed by atoms with Crippen LogP contribution in [0.4, 0.5) is 11.4 Å². The van der Waals surface area contributed by atoms with Crippen molar-refractivity contribution in [2.75, 3.05) is 5.32 Å². The molecule has 0 fully saturated rings. The summed E-state index contributed by atoms with van der Waals surface area (Å²) in [7, 11) is 2.46. The van der Waals surface area contributed by atoms with Crippen molar-refractivity contribution in [1.82, 2.24) is 4.57 Å². The molecule has 0 unspecified atom stereocenters. The minimum Gasteiger partial charge on any atom is -0.469 e. The highest BCUT2D eigenvalue weighted by atomic mass is 16.3. The SMILES string of the molecule is CC(C)(C)c1ccc(Nc2cc3c(cc2-c2c4c(c5c6cc7c(cc6n6c5c2[B]c2oc5ccc(C(C)(C)C)cc5c2-6)C(C)(C)CCC7(C)C)C(C)(C)c2ccccc2-4)C(C)(C)c2cc4c(cc2-3)C(C)(C)CCC4(C)C)cc1. The molecule has 4 heteroatoms. The van der Waals surface area contributed by atoms with E-state index in [0.717, 1.165) is 41.1 Å². The number of furan rings is 1. The number of nitrogens with one attached hydrogen (secondary N) is 1. The normalized spacial score (nSPS) is 19.2. The molecule has 0 saturated carbocycles. The van der Waals surface area contributed by atoms with E-state index < -0.39 is 0 Å². The number of anilines is 2. The highest BCUT2D eigenvalue weighted by Crippen LogP contribution is 2.61. The average Bonchev–Trinajstić information content (AvgIpc) is 2.22. The van der Waals surface area contributed by atoms with E-state index in [9.17, 15) is 0 Å². The van der Waals surface area contributed by atoms with Gasteiger partial charge in [0.15, 0.2) is 0 Å². The van der Waals surface area contributed by atoms with E-state index in [1.165, 1.54) is 135 Å². The van der Waals surface area contributed by atoms with Crippen molar-refractivity contribution < 1.29 is 4.42 Å². The minimum absolute atomic E-state index is 0.0218. The van der Waals surface area contributed by atoms with Gasteiger partial charge in [-0.25, -0.2) is 0 Å². The van der Waals surface area contributed by atoms with Crippen LogP contribution in [0, 0.1) is 0 Å². The third kappa shape index (κ3) is 6.70. The summed E-state index contributed by atoms with van der Waals surface area (Å²) >= 11 is 0. The molecule has 7 aromatic carbocycles. The fourth-order valence-electron chi connectivity index (χ4n) is 15.7. The Labute approximate surface area is 465 Å². The first-order valence-electron chi connectivity index (χ1n) is 29.4. The van der Waals surface area contributed by atoms with Crippen molar-refractivity contribution in [2.45, 2.75) is 194 Å². The number of hydrogen-bond acceptors (Lipinski definition) is 2. The summed E-state index contributed by atoms with van der Waals surface area (Å²) in [5, 5.41) is 8.09. The highest BCUT2D eigenvalue weighted by Gasteiger charge is 2.47. The molecule has 1 N–H and O–H groups in total. The molecule has 4 aliphatic carbocycles. The molecule has 14 rings (SSSR count). The maximum absolute atomic E-state index is 7.28. The number of fused-ring (bicyclic) bond motifs is 16. The molecule has 0 bridgehead atoms. The zero-order valence-electron chi connectivity index (χ0n) is 50.1. The Morgan fingerprint density at radius 1 is 0.487 bits per heavy atom. The van der Waals surface area contributed by atoms with Crippen molar-refractivity contribution in [2.24, 2.45) is 0 Å². The number of hydrogen-bond donors (Lipinski definition) is 1. The molecule has 5 aliphatic rings. The Kier molecular flexibility index (Phi) is 9.84. The topological polar surface area (TPSA) is 30.1 Å². The lowest BCUT2D eigenvalue weighted by Crippen LogP contribution is -2.37. The first kappa shape index (κ1) is 50.0. The molecule has 9 aromatic rings. The second kappa shape index (κ2) is 15.3. The maximum Gasteiger partial charge on any atom is 0.247 e. The third-order valence-corrected chi connectivity index (χ3v) is 20.8. The van der Waals surface area contributed by atoms with Crippen LogP contribution in [-0.2, 0) is 43.3 Å². The van der Waals surface area contributed by atoms with Crippen LogP contribution < -0.4 is 16.4 Å². The summed E-state index contributed by atoms with van der Waals surface area (Å²) in [5.41, 5.74) is 30.8. The summed E-state index contributed by atoms with van der Waals surface area (Å²) in [5.74, 6) is 0. The van der Waals surface area contributed by atoms with Crippen molar-refractivity contribution in [3.8, 4) is 39.1 Å². The van der Waals surface area contributed by atoms with Crippen molar-refractivity contribution >= 4 is 62.6 Å². The maximum atomic E-state index is 7.28. The molecule has 2 aromatic heterocycles. The second-order valence-corrected chi connectivity index (χ2v) is 30.6. The average molecular weight is 1020 g/mol. The lowest BCUT2D eigenvalue weighted by atomic mass is 9.60. The predicted molar refractivity (Wildman–Crippen MR) is 334 cm³/mol. The Bertz CT molecular complexity index is 4140. The zero-order chi connectivity index (χ0) is 55.1. The van der Waals surface area contributed by atoms with Gasteiger partial charge in [-0.1, -0.05) is 173 Å². The lowest BCUT2D eigenvalue weighted by Gasteiger charge is -2.42. The summed E-state index contributed by atoms with van der Waals surface area (Å²) in [6, 6.07) is 41.3. The Morgan fingerprint density at radius 2 is 1.04 bits per heavy atom. The molecule has 3 nitrogen and oxygen atoms in total. The van der Waals surface area contributed by atoms with E-state index in [-0.39, 0.29) is 43.3 Å². The molecular weight excluding hydrogens is 944 g/mol. The Morgan fingerprint density at radius 3 is 1.68 bits per heavy atom. The quantitative estimate of drug-likeness (QED) is 0.179. The third-order valence-electron chi connectivity index (χ3n) is 20.8. The molecule has 3 heterocycles. The van der Waals surface area contributed by atoms with Crippen LogP contribution in [0.25, 0.3) is 71.8 Å². The van der Waals surface area contributed by atoms with Gasteiger partial charge >= 0.3 is 0 Å². The molecule has 0 amide bonds. The van der Waals surface area contributed by atoms with Gasteiger partial charge in [-0.15, -0.1) is 0 Å². The molecular formula is C74H80BN2O. The summed E-state index contributed by atoms with van der Waals surface area (Å²) < 4.78 is 9.96. The van der Waals surface area contributed by atoms with E-state index in [4.69, 9.17) is 4.42 Å². The van der Waals surface area contributed by atoms with Gasteiger partial charge in [0.25, 0.3) is 0 Å². The van der Waals surface area contributed by atoms with Gasteiger partial charge in [-0.2, -0.15) is 0 Å². The molecule has 0 atom stereocenters. The van der Waals surface area contributed by atoms with Crippen molar-refractivity contribution in [3.05, 3.63) is 159 Å². The second-order valence-electron chi connectivity index (χ2n) is 30.6. The Hall–Kier alpha value is -6.26. The largest absolute Gasteiger partial charge is 0.469 e. The fourth-order valence-corrected chi connectivity index (χ4v) is 15.7. The summed E-state index contributed by atoms with van der Waals surface area (Å²) in [6.45, 7) is 43.7. The zero-order valence-corrected chi connectivity index (χ0v) is 50.1. The van der Waals surface area contributed by atoms with E-state index in [2.05, 4.69) is 245 Å². The first-order chi connectivity index (χ1) is 36.4. The van der Waals surface area contributed by atoms with Gasteiger partial charge in [0.1, 0.15) is 5.58 Å². The fraction of sp³-hybridized carbons (Fsp3) is 0.405.